The molecule has 4 bridgehead atoms. The highest BCUT2D eigenvalue weighted by Crippen LogP contribution is 2.65. The molecule has 5 fully saturated rings. The summed E-state index contributed by atoms with van der Waals surface area (Å²) in [4.78, 5) is 27.8. The quantitative estimate of drug-likeness (QED) is 0.797. The summed E-state index contributed by atoms with van der Waals surface area (Å²) >= 11 is 0. The first-order chi connectivity index (χ1) is 13.8. The smallest absolute Gasteiger partial charge is 0.231 e. The van der Waals surface area contributed by atoms with Gasteiger partial charge < -0.3 is 20.1 Å². The van der Waals surface area contributed by atoms with Crippen molar-refractivity contribution in [2.24, 2.45) is 34.3 Å². The van der Waals surface area contributed by atoms with Crippen LogP contribution in [0.3, 0.4) is 0 Å². The molecule has 3 atom stereocenters. The summed E-state index contributed by atoms with van der Waals surface area (Å²) in [6.07, 6.45) is 4.84. The lowest BCUT2D eigenvalue weighted by atomic mass is 9.46. The molecule has 0 aromatic heterocycles. The van der Waals surface area contributed by atoms with Crippen LogP contribution in [-0.2, 0) is 9.59 Å². The zero-order chi connectivity index (χ0) is 20.1. The molecule has 6 nitrogen and oxygen atoms in total. The van der Waals surface area contributed by atoms with Crippen molar-refractivity contribution in [3.63, 3.8) is 0 Å². The van der Waals surface area contributed by atoms with Gasteiger partial charge in [-0.2, -0.15) is 0 Å². The van der Waals surface area contributed by atoms with E-state index in [9.17, 15) is 9.59 Å². The second-order valence-corrected chi connectivity index (χ2v) is 10.5. The Bertz CT molecular complexity index is 909. The van der Waals surface area contributed by atoms with E-state index in [1.54, 1.807) is 0 Å². The van der Waals surface area contributed by atoms with Gasteiger partial charge in [-0.25, -0.2) is 0 Å². The van der Waals surface area contributed by atoms with Crippen molar-refractivity contribution < 1.29 is 19.1 Å². The van der Waals surface area contributed by atoms with Gasteiger partial charge in [-0.1, -0.05) is 12.1 Å². The SMILES string of the molecule is CC1(C)C(=O)N(C2C3CC4CC2CC(C(N)=O)(C4)C3)C1c1cccc2c1OCO2. The summed E-state index contributed by atoms with van der Waals surface area (Å²) in [5, 5.41) is 0. The zero-order valence-corrected chi connectivity index (χ0v) is 17.0. The van der Waals surface area contributed by atoms with Crippen LogP contribution in [0.4, 0.5) is 0 Å². The Morgan fingerprint density at radius 1 is 1.14 bits per heavy atom. The fourth-order valence-corrected chi connectivity index (χ4v) is 7.62. The minimum absolute atomic E-state index is 0.0290. The third kappa shape index (κ3) is 2.12. The number of amides is 2. The molecule has 7 rings (SSSR count). The number of nitrogens with zero attached hydrogens (tertiary/aromatic N) is 1. The summed E-state index contributed by atoms with van der Waals surface area (Å²) in [5.74, 6) is 2.93. The number of carbonyl (C=O) groups excluding carboxylic acids is 2. The Morgan fingerprint density at radius 3 is 2.55 bits per heavy atom. The van der Waals surface area contributed by atoms with Gasteiger partial charge in [0.25, 0.3) is 0 Å². The summed E-state index contributed by atoms with van der Waals surface area (Å²) in [5.41, 5.74) is 6.09. The predicted octanol–water partition coefficient (Wildman–Crippen LogP) is 3.01. The van der Waals surface area contributed by atoms with Crippen LogP contribution in [0.25, 0.3) is 0 Å². The predicted molar refractivity (Wildman–Crippen MR) is 105 cm³/mol. The number of β-lactam (4-membered cyclic amide) rings is 1. The van der Waals surface area contributed by atoms with E-state index in [0.29, 0.717) is 17.8 Å². The van der Waals surface area contributed by atoms with Crippen LogP contribution in [0.1, 0.15) is 57.6 Å². The molecule has 1 aromatic rings. The molecular weight excluding hydrogens is 368 g/mol. The second kappa shape index (κ2) is 5.46. The number of rotatable bonds is 3. The number of fused-ring (bicyclic) bond motifs is 1. The van der Waals surface area contributed by atoms with Crippen molar-refractivity contribution >= 4 is 11.8 Å². The van der Waals surface area contributed by atoms with E-state index in [-0.39, 0.29) is 36.1 Å². The van der Waals surface area contributed by atoms with E-state index in [0.717, 1.165) is 49.2 Å². The van der Waals surface area contributed by atoms with Crippen molar-refractivity contribution in [1.29, 1.82) is 0 Å². The molecule has 1 aromatic carbocycles. The van der Waals surface area contributed by atoms with Gasteiger partial charge in [0, 0.05) is 17.0 Å². The first-order valence-electron chi connectivity index (χ1n) is 10.8. The Labute approximate surface area is 170 Å². The van der Waals surface area contributed by atoms with Gasteiger partial charge in [0.2, 0.25) is 18.6 Å². The summed E-state index contributed by atoms with van der Waals surface area (Å²) in [6, 6.07) is 6.14. The Balaban J connectivity index is 1.39. The molecule has 6 heteroatoms. The lowest BCUT2D eigenvalue weighted by molar-refractivity contribution is -0.198. The van der Waals surface area contributed by atoms with E-state index in [1.807, 2.05) is 26.0 Å². The molecule has 1 saturated heterocycles. The van der Waals surface area contributed by atoms with Gasteiger partial charge in [0.1, 0.15) is 0 Å². The molecule has 29 heavy (non-hydrogen) atoms. The van der Waals surface area contributed by atoms with E-state index in [2.05, 4.69) is 11.0 Å². The third-order valence-electron chi connectivity index (χ3n) is 8.54. The highest BCUT2D eigenvalue weighted by Gasteiger charge is 2.65. The number of para-hydroxylation sites is 1. The van der Waals surface area contributed by atoms with E-state index in [1.165, 1.54) is 0 Å². The van der Waals surface area contributed by atoms with Gasteiger partial charge in [-0.05, 0) is 69.8 Å². The number of benzene rings is 1. The van der Waals surface area contributed by atoms with Gasteiger partial charge in [0.15, 0.2) is 11.5 Å². The summed E-state index contributed by atoms with van der Waals surface area (Å²) in [6.45, 7) is 4.30. The standard InChI is InChI=1S/C23H28N2O4/c1-22(2)19(15-4-3-5-16-18(15)29-11-28-16)25(21(22)27)17-13-6-12-7-14(17)10-23(8-12,9-13)20(24)26/h3-5,12-14,17,19H,6-11H2,1-2H3,(H2,24,26). The van der Waals surface area contributed by atoms with E-state index >= 15 is 0 Å². The minimum Gasteiger partial charge on any atom is -0.454 e. The molecule has 154 valence electrons. The van der Waals surface area contributed by atoms with Crippen molar-refractivity contribution in [2.45, 2.75) is 58.0 Å². The number of hydrogen-bond acceptors (Lipinski definition) is 4. The minimum atomic E-state index is -0.475. The molecule has 2 N–H and O–H groups in total. The Morgan fingerprint density at radius 2 is 1.86 bits per heavy atom. The van der Waals surface area contributed by atoms with E-state index in [4.69, 9.17) is 15.2 Å². The fourth-order valence-electron chi connectivity index (χ4n) is 7.62. The molecule has 4 aliphatic carbocycles. The first-order valence-corrected chi connectivity index (χ1v) is 10.8. The van der Waals surface area contributed by atoms with Crippen LogP contribution < -0.4 is 15.2 Å². The van der Waals surface area contributed by atoms with Crippen LogP contribution in [0, 0.1) is 28.6 Å². The molecule has 0 spiro atoms. The van der Waals surface area contributed by atoms with Gasteiger partial charge in [-0.15, -0.1) is 0 Å². The maximum Gasteiger partial charge on any atom is 0.231 e. The molecule has 0 radical (unpaired) electrons. The average molecular weight is 396 g/mol. The molecule has 6 aliphatic rings. The van der Waals surface area contributed by atoms with Crippen molar-refractivity contribution in [3.05, 3.63) is 23.8 Å². The van der Waals surface area contributed by atoms with Gasteiger partial charge in [-0.3, -0.25) is 9.59 Å². The molecule has 2 amide bonds. The molecule has 2 heterocycles. The second-order valence-electron chi connectivity index (χ2n) is 10.5. The number of ether oxygens (including phenoxy) is 2. The summed E-state index contributed by atoms with van der Waals surface area (Å²) < 4.78 is 11.4. The molecule has 3 unspecified atom stereocenters. The number of nitrogens with two attached hydrogens (primary N) is 1. The largest absolute Gasteiger partial charge is 0.454 e. The lowest BCUT2D eigenvalue weighted by Gasteiger charge is -2.66. The fraction of sp³-hybridized carbons (Fsp3) is 0.652. The number of primary amides is 1. The van der Waals surface area contributed by atoms with Crippen LogP contribution in [0.2, 0.25) is 0 Å². The number of likely N-dealkylation sites (tertiary alicyclic amines) is 1. The monoisotopic (exact) mass is 396 g/mol. The number of carbonyl (C=O) groups is 2. The van der Waals surface area contributed by atoms with Crippen LogP contribution in [0.15, 0.2) is 18.2 Å². The topological polar surface area (TPSA) is 81.9 Å². The zero-order valence-electron chi connectivity index (χ0n) is 17.0. The van der Waals surface area contributed by atoms with Crippen molar-refractivity contribution in [2.75, 3.05) is 6.79 Å². The maximum absolute atomic E-state index is 13.4. The highest BCUT2D eigenvalue weighted by molar-refractivity contribution is 5.91. The third-order valence-corrected chi connectivity index (χ3v) is 8.54. The Hall–Kier alpha value is -2.24. The van der Waals surface area contributed by atoms with Crippen LogP contribution in [0.5, 0.6) is 11.5 Å². The normalized spacial score (nSPS) is 40.8. The highest BCUT2D eigenvalue weighted by atomic mass is 16.7. The lowest BCUT2D eigenvalue weighted by Crippen LogP contribution is -2.71. The number of hydrogen-bond donors (Lipinski definition) is 1. The molecule has 4 saturated carbocycles. The Kier molecular flexibility index (Phi) is 3.32. The summed E-state index contributed by atoms with van der Waals surface area (Å²) in [7, 11) is 0. The molecular formula is C23H28N2O4. The maximum atomic E-state index is 13.4. The first kappa shape index (κ1) is 17.6. The van der Waals surface area contributed by atoms with Crippen molar-refractivity contribution in [3.8, 4) is 11.5 Å². The van der Waals surface area contributed by atoms with Gasteiger partial charge >= 0.3 is 0 Å². The van der Waals surface area contributed by atoms with Crippen LogP contribution >= 0.6 is 0 Å². The average Bonchev–Trinajstić information content (AvgIpc) is 3.15. The van der Waals surface area contributed by atoms with Gasteiger partial charge in [0.05, 0.1) is 11.5 Å². The van der Waals surface area contributed by atoms with Crippen LogP contribution in [-0.4, -0.2) is 29.5 Å². The van der Waals surface area contributed by atoms with Crippen molar-refractivity contribution in [1.82, 2.24) is 4.90 Å². The molecule has 2 aliphatic heterocycles. The van der Waals surface area contributed by atoms with E-state index < -0.39 is 5.41 Å².